The number of ether oxygens (including phenoxy) is 1. The molecule has 0 radical (unpaired) electrons. The Hall–Kier alpha value is -2.82. The summed E-state index contributed by atoms with van der Waals surface area (Å²) in [4.78, 5) is 26.3. The maximum atomic E-state index is 12.4. The number of anilines is 1. The molecule has 2 aromatic rings. The number of piperidine rings is 1. The van der Waals surface area contributed by atoms with Crippen LogP contribution in [-0.2, 0) is 22.5 Å². The van der Waals surface area contributed by atoms with E-state index in [1.54, 1.807) is 24.3 Å². The second-order valence-corrected chi connectivity index (χ2v) is 7.32. The van der Waals surface area contributed by atoms with Crippen LogP contribution in [0.2, 0.25) is 0 Å². The summed E-state index contributed by atoms with van der Waals surface area (Å²) in [5.41, 5.74) is 4.94. The van der Waals surface area contributed by atoms with Crippen LogP contribution in [0.15, 0.2) is 42.5 Å². The molecule has 0 aliphatic carbocycles. The molecule has 5 heteroatoms. The lowest BCUT2D eigenvalue weighted by molar-refractivity contribution is -0.120. The number of hydrogen-bond donors (Lipinski definition) is 1. The number of nitrogens with one attached hydrogen (secondary N) is 1. The molecular weight excluding hydrogens is 352 g/mol. The van der Waals surface area contributed by atoms with Gasteiger partial charge < -0.3 is 15.0 Å². The topological polar surface area (TPSA) is 58.6 Å². The van der Waals surface area contributed by atoms with Gasteiger partial charge in [-0.3, -0.25) is 4.79 Å². The van der Waals surface area contributed by atoms with Gasteiger partial charge >= 0.3 is 5.97 Å². The van der Waals surface area contributed by atoms with Gasteiger partial charge in [-0.25, -0.2) is 4.79 Å². The number of hydrogen-bond acceptors (Lipinski definition) is 4. The zero-order chi connectivity index (χ0) is 19.9. The summed E-state index contributed by atoms with van der Waals surface area (Å²) in [6.07, 6.45) is 4.03. The van der Waals surface area contributed by atoms with E-state index in [2.05, 4.69) is 35.3 Å². The zero-order valence-corrected chi connectivity index (χ0v) is 16.7. The number of aryl methyl sites for hydroxylation is 1. The number of methoxy groups -OCH3 is 1. The van der Waals surface area contributed by atoms with Gasteiger partial charge in [-0.05, 0) is 55.5 Å². The van der Waals surface area contributed by atoms with E-state index in [1.807, 2.05) is 0 Å². The van der Waals surface area contributed by atoms with Crippen molar-refractivity contribution < 1.29 is 14.3 Å². The van der Waals surface area contributed by atoms with E-state index in [0.29, 0.717) is 12.1 Å². The van der Waals surface area contributed by atoms with Crippen molar-refractivity contribution in [3.8, 4) is 0 Å². The first-order chi connectivity index (χ1) is 13.6. The Bertz CT molecular complexity index is 824. The molecule has 1 aliphatic rings. The maximum Gasteiger partial charge on any atom is 0.337 e. The Morgan fingerprint density at radius 3 is 2.43 bits per heavy atom. The summed E-state index contributed by atoms with van der Waals surface area (Å²) < 4.78 is 4.69. The lowest BCUT2D eigenvalue weighted by atomic mass is 10.0. The van der Waals surface area contributed by atoms with Crippen LogP contribution in [0.1, 0.15) is 46.3 Å². The SMILES string of the molecule is COC(=O)c1ccc(CC(=O)NCc2cc(C)ccc2N2CCCCC2)cc1. The van der Waals surface area contributed by atoms with Gasteiger partial charge in [0.15, 0.2) is 0 Å². The third kappa shape index (κ3) is 5.12. The van der Waals surface area contributed by atoms with Gasteiger partial charge in [0.2, 0.25) is 5.91 Å². The molecular formula is C23H28N2O3. The van der Waals surface area contributed by atoms with Gasteiger partial charge in [0.05, 0.1) is 19.1 Å². The molecule has 1 fully saturated rings. The molecule has 0 unspecified atom stereocenters. The Morgan fingerprint density at radius 1 is 1.04 bits per heavy atom. The standard InChI is InChI=1S/C23H28N2O3/c1-17-6-11-21(25-12-4-3-5-13-25)20(14-17)16-24-22(26)15-18-7-9-19(10-8-18)23(27)28-2/h6-11,14H,3-5,12-13,15-16H2,1-2H3,(H,24,26). The molecule has 0 aromatic heterocycles. The molecule has 0 saturated carbocycles. The van der Waals surface area contributed by atoms with Gasteiger partial charge in [0, 0.05) is 25.3 Å². The van der Waals surface area contributed by atoms with Crippen molar-refractivity contribution >= 4 is 17.6 Å². The average molecular weight is 380 g/mol. The van der Waals surface area contributed by atoms with Crippen LogP contribution < -0.4 is 10.2 Å². The first-order valence-electron chi connectivity index (χ1n) is 9.85. The minimum absolute atomic E-state index is 0.0306. The van der Waals surface area contributed by atoms with Crippen molar-refractivity contribution in [3.63, 3.8) is 0 Å². The summed E-state index contributed by atoms with van der Waals surface area (Å²) in [6, 6.07) is 13.4. The molecule has 2 aromatic carbocycles. The molecule has 0 bridgehead atoms. The summed E-state index contributed by atoms with van der Waals surface area (Å²) in [7, 11) is 1.35. The lowest BCUT2D eigenvalue weighted by Crippen LogP contribution is -2.31. The van der Waals surface area contributed by atoms with Crippen molar-refractivity contribution in [1.82, 2.24) is 5.32 Å². The smallest absolute Gasteiger partial charge is 0.337 e. The van der Waals surface area contributed by atoms with Crippen molar-refractivity contribution in [2.75, 3.05) is 25.1 Å². The van der Waals surface area contributed by atoms with E-state index < -0.39 is 0 Å². The number of amides is 1. The fourth-order valence-electron chi connectivity index (χ4n) is 3.62. The van der Waals surface area contributed by atoms with Crippen molar-refractivity contribution in [2.45, 2.75) is 39.2 Å². The Morgan fingerprint density at radius 2 is 1.75 bits per heavy atom. The highest BCUT2D eigenvalue weighted by atomic mass is 16.5. The summed E-state index contributed by atoms with van der Waals surface area (Å²) in [5, 5.41) is 3.05. The quantitative estimate of drug-likeness (QED) is 0.778. The van der Waals surface area contributed by atoms with Gasteiger partial charge in [-0.15, -0.1) is 0 Å². The molecule has 1 saturated heterocycles. The van der Waals surface area contributed by atoms with Crippen LogP contribution in [0.5, 0.6) is 0 Å². The third-order valence-corrected chi connectivity index (χ3v) is 5.15. The highest BCUT2D eigenvalue weighted by Crippen LogP contribution is 2.25. The normalized spacial score (nSPS) is 13.9. The van der Waals surface area contributed by atoms with Crippen LogP contribution in [-0.4, -0.2) is 32.1 Å². The van der Waals surface area contributed by atoms with Gasteiger partial charge in [-0.2, -0.15) is 0 Å². The van der Waals surface area contributed by atoms with E-state index in [0.717, 1.165) is 24.2 Å². The van der Waals surface area contributed by atoms with Crippen LogP contribution in [0.25, 0.3) is 0 Å². The minimum atomic E-state index is -0.374. The maximum absolute atomic E-state index is 12.4. The Balaban J connectivity index is 1.61. The second-order valence-electron chi connectivity index (χ2n) is 7.32. The molecule has 1 aliphatic heterocycles. The first-order valence-corrected chi connectivity index (χ1v) is 9.85. The molecule has 1 heterocycles. The summed E-state index contributed by atoms with van der Waals surface area (Å²) in [5.74, 6) is -0.405. The minimum Gasteiger partial charge on any atom is -0.465 e. The van der Waals surface area contributed by atoms with Gasteiger partial charge in [0.25, 0.3) is 0 Å². The highest BCUT2D eigenvalue weighted by Gasteiger charge is 2.15. The van der Waals surface area contributed by atoms with Crippen LogP contribution in [0, 0.1) is 6.92 Å². The first kappa shape index (κ1) is 19.9. The van der Waals surface area contributed by atoms with Crippen molar-refractivity contribution in [1.29, 1.82) is 0 Å². The molecule has 3 rings (SSSR count). The van der Waals surface area contributed by atoms with E-state index in [-0.39, 0.29) is 18.3 Å². The van der Waals surface area contributed by atoms with E-state index >= 15 is 0 Å². The van der Waals surface area contributed by atoms with Crippen molar-refractivity contribution in [2.24, 2.45) is 0 Å². The number of carbonyl (C=O) groups is 2. The van der Waals surface area contributed by atoms with Gasteiger partial charge in [0.1, 0.15) is 0 Å². The summed E-state index contributed by atoms with van der Waals surface area (Å²) in [6.45, 7) is 4.76. The molecule has 0 atom stereocenters. The largest absolute Gasteiger partial charge is 0.465 e. The fourth-order valence-corrected chi connectivity index (χ4v) is 3.62. The zero-order valence-electron chi connectivity index (χ0n) is 16.7. The fraction of sp³-hybridized carbons (Fsp3) is 0.391. The molecule has 5 nitrogen and oxygen atoms in total. The molecule has 1 N–H and O–H groups in total. The van der Waals surface area contributed by atoms with Crippen molar-refractivity contribution in [3.05, 3.63) is 64.7 Å². The Kier molecular flexibility index (Phi) is 6.69. The predicted molar refractivity (Wildman–Crippen MR) is 111 cm³/mol. The molecule has 28 heavy (non-hydrogen) atoms. The predicted octanol–water partition coefficient (Wildman–Crippen LogP) is 3.63. The summed E-state index contributed by atoms with van der Waals surface area (Å²) >= 11 is 0. The third-order valence-electron chi connectivity index (χ3n) is 5.15. The number of rotatable bonds is 6. The number of benzene rings is 2. The van der Waals surface area contributed by atoms with Gasteiger partial charge in [-0.1, -0.05) is 29.8 Å². The average Bonchev–Trinajstić information content (AvgIpc) is 2.73. The highest BCUT2D eigenvalue weighted by molar-refractivity contribution is 5.89. The number of nitrogens with zero attached hydrogens (tertiary/aromatic N) is 1. The van der Waals surface area contributed by atoms with Crippen LogP contribution in [0.4, 0.5) is 5.69 Å². The molecule has 1 amide bonds. The van der Waals surface area contributed by atoms with E-state index in [1.165, 1.54) is 37.6 Å². The number of carbonyl (C=O) groups excluding carboxylic acids is 2. The Labute approximate surface area is 166 Å². The monoisotopic (exact) mass is 380 g/mol. The number of esters is 1. The van der Waals surface area contributed by atoms with Crippen LogP contribution in [0.3, 0.4) is 0 Å². The van der Waals surface area contributed by atoms with E-state index in [9.17, 15) is 9.59 Å². The molecule has 148 valence electrons. The lowest BCUT2D eigenvalue weighted by Gasteiger charge is -2.31. The van der Waals surface area contributed by atoms with E-state index in [4.69, 9.17) is 4.74 Å². The van der Waals surface area contributed by atoms with Crippen LogP contribution >= 0.6 is 0 Å². The second kappa shape index (κ2) is 9.40. The molecule has 0 spiro atoms.